The van der Waals surface area contributed by atoms with Crippen LogP contribution in [0.2, 0.25) is 0 Å². The predicted octanol–water partition coefficient (Wildman–Crippen LogP) is 3.41. The number of aromatic nitrogens is 1. The van der Waals surface area contributed by atoms with Crippen LogP contribution in [-0.4, -0.2) is 123 Å². The van der Waals surface area contributed by atoms with Crippen molar-refractivity contribution in [1.29, 1.82) is 0 Å². The summed E-state index contributed by atoms with van der Waals surface area (Å²) in [7, 11) is 1.36. The van der Waals surface area contributed by atoms with Crippen molar-refractivity contribution in [3.8, 4) is 0 Å². The first-order valence-electron chi connectivity index (χ1n) is 22.0. The molecule has 3 saturated heterocycles. The Hall–Kier alpha value is -5.07. The SMILES string of the molecule is C=C[C@H]1[C@H](O[C@@H]2O[C@H](CO[C@H]3C[C@@]45c6ccccc6N[C@]4(O3)[C@@H]3C[C@@H](/C(=C\C)C=[N+]3[O-])[C@H]5CC(=O)OC)[C@@H](O)[C@H](O)[C@H]2O)OC=C2C(=O)N3CCc4c([nH]c5ccccc45)[C@@H]3C[C@H]21. The van der Waals surface area contributed by atoms with Gasteiger partial charge in [-0.15, -0.1) is 6.58 Å². The van der Waals surface area contributed by atoms with Gasteiger partial charge >= 0.3 is 5.97 Å². The predicted molar refractivity (Wildman–Crippen MR) is 224 cm³/mol. The molecule has 0 radical (unpaired) electrons. The Morgan fingerprint density at radius 1 is 1.08 bits per heavy atom. The Balaban J connectivity index is 0.836. The van der Waals surface area contributed by atoms with E-state index >= 15 is 0 Å². The average molecular weight is 865 g/mol. The van der Waals surface area contributed by atoms with Crippen molar-refractivity contribution in [3.63, 3.8) is 0 Å². The van der Waals surface area contributed by atoms with Crippen LogP contribution in [0.25, 0.3) is 10.9 Å². The average Bonchev–Trinajstić information content (AvgIpc) is 3.94. The third-order valence-electron chi connectivity index (χ3n) is 15.5. The molecule has 8 aliphatic rings. The number of carbonyl (C=O) groups excluding carboxylic acids is 2. The molecule has 7 aliphatic heterocycles. The van der Waals surface area contributed by atoms with Gasteiger partial charge in [-0.25, -0.2) is 4.74 Å². The summed E-state index contributed by atoms with van der Waals surface area (Å²) in [5.74, 6) is -1.87. The molecule has 1 amide bonds. The molecular formula is C47H52N4O12. The second-order valence-electron chi connectivity index (χ2n) is 18.2. The van der Waals surface area contributed by atoms with Crippen molar-refractivity contribution in [3.05, 3.63) is 107 Å². The summed E-state index contributed by atoms with van der Waals surface area (Å²) in [6, 6.07) is 15.0. The number of piperidine rings is 1. The molecule has 16 heteroatoms. The van der Waals surface area contributed by atoms with E-state index in [1.807, 2.05) is 60.4 Å². The quantitative estimate of drug-likeness (QED) is 0.0954. The van der Waals surface area contributed by atoms with Crippen molar-refractivity contribution >= 4 is 34.7 Å². The van der Waals surface area contributed by atoms with Crippen LogP contribution in [0.3, 0.4) is 0 Å². The molecule has 11 rings (SSSR count). The lowest BCUT2D eigenvalue weighted by atomic mass is 9.51. The molecule has 0 unspecified atom stereocenters. The maximum atomic E-state index is 14.0. The molecule has 0 spiro atoms. The number of aliphatic hydroxyl groups is 3. The van der Waals surface area contributed by atoms with Crippen LogP contribution in [0.4, 0.5) is 5.69 Å². The lowest BCUT2D eigenvalue weighted by molar-refractivity contribution is -0.536. The summed E-state index contributed by atoms with van der Waals surface area (Å²) in [5.41, 5.74) is 4.12. The highest BCUT2D eigenvalue weighted by Crippen LogP contribution is 2.68. The number of aromatic amines is 1. The number of amides is 1. The van der Waals surface area contributed by atoms with Gasteiger partial charge in [-0.2, -0.15) is 0 Å². The molecular weight excluding hydrogens is 813 g/mol. The molecule has 63 heavy (non-hydrogen) atoms. The Morgan fingerprint density at radius 2 is 1.89 bits per heavy atom. The Kier molecular flexibility index (Phi) is 9.69. The summed E-state index contributed by atoms with van der Waals surface area (Å²) in [4.78, 5) is 32.7. The molecule has 15 atom stereocenters. The summed E-state index contributed by atoms with van der Waals surface area (Å²) in [5, 5.41) is 52.3. The molecule has 16 nitrogen and oxygen atoms in total. The molecule has 1 aromatic heterocycles. The first-order valence-corrected chi connectivity index (χ1v) is 22.0. The number of carbonyl (C=O) groups is 2. The van der Waals surface area contributed by atoms with E-state index in [4.69, 9.17) is 28.4 Å². The minimum absolute atomic E-state index is 0.0723. The molecule has 1 saturated carbocycles. The highest BCUT2D eigenvalue weighted by molar-refractivity contribution is 5.96. The van der Waals surface area contributed by atoms with E-state index in [-0.39, 0.29) is 55.1 Å². The van der Waals surface area contributed by atoms with Gasteiger partial charge in [0.05, 0.1) is 37.0 Å². The third-order valence-corrected chi connectivity index (χ3v) is 15.5. The fourth-order valence-electron chi connectivity index (χ4n) is 12.7. The normalized spacial score (nSPS) is 40.3. The molecule has 8 heterocycles. The molecule has 1 aliphatic carbocycles. The van der Waals surface area contributed by atoms with Gasteiger partial charge < -0.3 is 64.1 Å². The zero-order valence-electron chi connectivity index (χ0n) is 35.0. The fraction of sp³-hybridized carbons (Fsp3) is 0.511. The number of hydroxylamine groups is 1. The molecule has 332 valence electrons. The Morgan fingerprint density at radius 3 is 2.70 bits per heavy atom. The van der Waals surface area contributed by atoms with Gasteiger partial charge in [0.25, 0.3) is 5.91 Å². The number of methoxy groups -OCH3 is 1. The summed E-state index contributed by atoms with van der Waals surface area (Å²) >= 11 is 0. The number of benzene rings is 2. The van der Waals surface area contributed by atoms with Crippen LogP contribution in [0.1, 0.15) is 55.5 Å². The van der Waals surface area contributed by atoms with Crippen LogP contribution in [-0.2, 0) is 49.8 Å². The number of allylic oxidation sites excluding steroid dienone is 2. The zero-order valence-corrected chi connectivity index (χ0v) is 35.0. The van der Waals surface area contributed by atoms with Crippen molar-refractivity contribution in [1.82, 2.24) is 9.88 Å². The number of hydrogen-bond donors (Lipinski definition) is 5. The van der Waals surface area contributed by atoms with E-state index in [1.165, 1.54) is 18.9 Å². The largest absolute Gasteiger partial charge is 0.623 e. The van der Waals surface area contributed by atoms with E-state index in [9.17, 15) is 30.1 Å². The summed E-state index contributed by atoms with van der Waals surface area (Å²) in [6.45, 7) is 6.25. The van der Waals surface area contributed by atoms with Crippen molar-refractivity contribution < 1.29 is 58.1 Å². The van der Waals surface area contributed by atoms with Crippen molar-refractivity contribution in [2.24, 2.45) is 23.7 Å². The third kappa shape index (κ3) is 5.81. The number of esters is 1. The lowest BCUT2D eigenvalue weighted by Gasteiger charge is -2.54. The number of H-pyrrole nitrogens is 1. The fourth-order valence-corrected chi connectivity index (χ4v) is 12.7. The number of anilines is 1. The topological polar surface area (TPSA) is 207 Å². The maximum absolute atomic E-state index is 14.0. The second-order valence-corrected chi connectivity index (χ2v) is 18.2. The molecule has 4 fully saturated rings. The first-order chi connectivity index (χ1) is 30.5. The smallest absolute Gasteiger partial charge is 0.305 e. The number of aliphatic hydroxyl groups excluding tert-OH is 3. The van der Waals surface area contributed by atoms with Gasteiger partial charge in [0.15, 0.2) is 18.8 Å². The van der Waals surface area contributed by atoms with E-state index in [2.05, 4.69) is 22.9 Å². The van der Waals surface area contributed by atoms with Crippen LogP contribution in [0.5, 0.6) is 0 Å². The van der Waals surface area contributed by atoms with Crippen molar-refractivity contribution in [2.75, 3.05) is 25.6 Å². The Labute approximate surface area is 363 Å². The molecule has 3 aromatic rings. The zero-order chi connectivity index (χ0) is 43.5. The summed E-state index contributed by atoms with van der Waals surface area (Å²) < 4.78 is 38.1. The number of nitrogens with one attached hydrogen (secondary N) is 2. The van der Waals surface area contributed by atoms with E-state index in [0.29, 0.717) is 25.0 Å². The van der Waals surface area contributed by atoms with Gasteiger partial charge in [0, 0.05) is 71.4 Å². The lowest BCUT2D eigenvalue weighted by Crippen LogP contribution is -2.70. The van der Waals surface area contributed by atoms with E-state index < -0.39 is 66.4 Å². The van der Waals surface area contributed by atoms with E-state index in [0.717, 1.165) is 44.6 Å². The maximum Gasteiger partial charge on any atom is 0.305 e. The number of hydrogen-bond acceptors (Lipinski definition) is 13. The van der Waals surface area contributed by atoms with Gasteiger partial charge in [-0.1, -0.05) is 48.6 Å². The number of ether oxygens (including phenoxy) is 6. The van der Waals surface area contributed by atoms with Gasteiger partial charge in [-0.3, -0.25) is 9.59 Å². The van der Waals surface area contributed by atoms with E-state index in [1.54, 1.807) is 12.3 Å². The van der Waals surface area contributed by atoms with Crippen molar-refractivity contribution in [2.45, 2.75) is 106 Å². The number of fused-ring (bicyclic) bond motifs is 9. The minimum atomic E-state index is -1.69. The minimum Gasteiger partial charge on any atom is -0.623 e. The number of para-hydroxylation sites is 2. The standard InChI is InChI=1S/C47H52N4O12/c1-4-23-20-51(57)36-17-27(23)31(18-37(52)58-3)46-19-38(63-47(36,46)49-33-13-9-7-11-30(33)46)59-22-35-40(53)41(54)42(55)45(61-35)62-44-24(5-2)28-16-34-39-26(25-10-6-8-12-32(25)48-39)14-15-50(34)43(56)29(28)21-60-44/h4-13,20-21,24,27-28,31,34-36,38,40-42,44-45,48-49,53-55H,2,14-19,22H2,1,3H3/b23-4-/t24-,27+,28+,31-,34+,35-,36+,38-,40-,41+,42-,44+,45+,46+,47+/m1/s1. The van der Waals surface area contributed by atoms with Crippen LogP contribution in [0, 0.1) is 28.9 Å². The second kappa shape index (κ2) is 15.0. The highest BCUT2D eigenvalue weighted by atomic mass is 16.8. The van der Waals surface area contributed by atoms with Crippen LogP contribution < -0.4 is 5.32 Å². The van der Waals surface area contributed by atoms with Gasteiger partial charge in [0.1, 0.15) is 24.4 Å². The number of nitrogens with zero attached hydrogens (tertiary/aromatic N) is 2. The summed E-state index contributed by atoms with van der Waals surface area (Å²) in [6.07, 6.45) is -0.975. The van der Waals surface area contributed by atoms with Crippen LogP contribution >= 0.6 is 0 Å². The molecule has 2 aromatic carbocycles. The monoisotopic (exact) mass is 864 g/mol. The molecule has 2 bridgehead atoms. The van der Waals surface area contributed by atoms with Gasteiger partial charge in [-0.05, 0) is 48.9 Å². The van der Waals surface area contributed by atoms with Crippen LogP contribution in [0.15, 0.2) is 84.7 Å². The Bertz CT molecular complexity index is 2470. The first kappa shape index (κ1) is 40.7. The van der Waals surface area contributed by atoms with Gasteiger partial charge in [0.2, 0.25) is 18.1 Å². The highest BCUT2D eigenvalue weighted by Gasteiger charge is 2.78. The number of rotatable bonds is 8. The molecule has 5 N–H and O–H groups in total.